The first-order valence-electron chi connectivity index (χ1n) is 8.17. The minimum atomic E-state index is -5.01. The molecule has 12 heteroatoms. The van der Waals surface area contributed by atoms with Crippen molar-refractivity contribution in [3.05, 3.63) is 24.0 Å². The number of hydrogen-bond acceptors (Lipinski definition) is 7. The fraction of sp³-hybridized carbons (Fsp3) is 0.533. The summed E-state index contributed by atoms with van der Waals surface area (Å²) in [5.41, 5.74) is -1.81. The van der Waals surface area contributed by atoms with Gasteiger partial charge in [-0.3, -0.25) is 14.7 Å². The van der Waals surface area contributed by atoms with E-state index < -0.39 is 17.7 Å². The fourth-order valence-corrected chi connectivity index (χ4v) is 2.78. The molecule has 1 atom stereocenters. The molecule has 146 valence electrons. The van der Waals surface area contributed by atoms with Crippen LogP contribution in [0.15, 0.2) is 18.5 Å². The number of rotatable bonds is 4. The number of tetrazole rings is 1. The van der Waals surface area contributed by atoms with Gasteiger partial charge in [-0.05, 0) is 23.8 Å². The van der Waals surface area contributed by atoms with Gasteiger partial charge in [-0.1, -0.05) is 0 Å². The second-order valence-corrected chi connectivity index (χ2v) is 6.46. The Morgan fingerprint density at radius 1 is 1.26 bits per heavy atom. The molecule has 3 rings (SSSR count). The summed E-state index contributed by atoms with van der Waals surface area (Å²) in [5, 5.41) is 23.2. The van der Waals surface area contributed by atoms with Crippen LogP contribution in [0, 0.1) is 0 Å². The van der Waals surface area contributed by atoms with Gasteiger partial charge < -0.3 is 10.0 Å². The van der Waals surface area contributed by atoms with E-state index in [1.165, 1.54) is 0 Å². The lowest BCUT2D eigenvalue weighted by molar-refractivity contribution is -0.250. The van der Waals surface area contributed by atoms with Crippen molar-refractivity contribution in [1.29, 1.82) is 0 Å². The largest absolute Gasteiger partial charge is 0.426 e. The standard InChI is InChI=1S/C15H18F3N7O2/c1-14(27,15(16,17)18)13(26)25-4-2-24(3-5-25)9-10-6-11(8-19-7-10)12-20-22-23-21-12/h6-8,27H,2-5,9H2,1H3,(H,20,21,22,23). The Bertz CT molecular complexity index is 787. The van der Waals surface area contributed by atoms with Crippen molar-refractivity contribution in [3.63, 3.8) is 0 Å². The minimum absolute atomic E-state index is 0.100. The van der Waals surface area contributed by atoms with Crippen molar-refractivity contribution in [2.45, 2.75) is 25.2 Å². The number of hydrogen-bond donors (Lipinski definition) is 2. The Hall–Kier alpha value is -2.60. The molecule has 0 bridgehead atoms. The van der Waals surface area contributed by atoms with Gasteiger partial charge in [-0.25, -0.2) is 0 Å². The van der Waals surface area contributed by atoms with E-state index in [-0.39, 0.29) is 13.1 Å². The molecule has 2 N–H and O–H groups in total. The topological polar surface area (TPSA) is 111 Å². The lowest BCUT2D eigenvalue weighted by Crippen LogP contribution is -2.59. The molecule has 1 saturated heterocycles. The number of halogens is 3. The van der Waals surface area contributed by atoms with Crippen LogP contribution in [0.4, 0.5) is 13.2 Å². The lowest BCUT2D eigenvalue weighted by atomic mass is 10.0. The SMILES string of the molecule is CC(O)(C(=O)N1CCN(Cc2cncc(-c3nn[nH]n3)c2)CC1)C(F)(F)F. The molecular formula is C15H18F3N7O2. The number of nitrogens with zero attached hydrogens (tertiary/aromatic N) is 6. The molecular weight excluding hydrogens is 367 g/mol. The first kappa shape index (κ1) is 19.2. The van der Waals surface area contributed by atoms with Crippen LogP contribution in [0.1, 0.15) is 12.5 Å². The summed E-state index contributed by atoms with van der Waals surface area (Å²) in [6, 6.07) is 1.85. The number of pyridine rings is 1. The Morgan fingerprint density at radius 3 is 2.56 bits per heavy atom. The second kappa shape index (κ2) is 7.19. The predicted molar refractivity (Wildman–Crippen MR) is 85.9 cm³/mol. The van der Waals surface area contributed by atoms with Crippen LogP contribution in [0.2, 0.25) is 0 Å². The van der Waals surface area contributed by atoms with Crippen molar-refractivity contribution in [3.8, 4) is 11.4 Å². The van der Waals surface area contributed by atoms with Gasteiger partial charge in [-0.2, -0.15) is 18.4 Å². The van der Waals surface area contributed by atoms with Crippen LogP contribution < -0.4 is 0 Å². The summed E-state index contributed by atoms with van der Waals surface area (Å²) >= 11 is 0. The normalized spacial score (nSPS) is 18.3. The summed E-state index contributed by atoms with van der Waals surface area (Å²) < 4.78 is 38.5. The zero-order chi connectivity index (χ0) is 19.7. The summed E-state index contributed by atoms with van der Waals surface area (Å²) in [5.74, 6) is -0.912. The van der Waals surface area contributed by atoms with Gasteiger partial charge in [0.1, 0.15) is 0 Å². The van der Waals surface area contributed by atoms with E-state index in [0.717, 1.165) is 10.5 Å². The van der Waals surface area contributed by atoms with Crippen molar-refractivity contribution < 1.29 is 23.1 Å². The molecule has 1 fully saturated rings. The molecule has 3 heterocycles. The molecule has 27 heavy (non-hydrogen) atoms. The van der Waals surface area contributed by atoms with Gasteiger partial charge >= 0.3 is 6.18 Å². The van der Waals surface area contributed by atoms with Crippen LogP contribution in [-0.2, 0) is 11.3 Å². The van der Waals surface area contributed by atoms with E-state index in [1.807, 2.05) is 11.0 Å². The Balaban J connectivity index is 1.59. The molecule has 0 saturated carbocycles. The highest BCUT2D eigenvalue weighted by Gasteiger charge is 2.57. The third kappa shape index (κ3) is 4.06. The van der Waals surface area contributed by atoms with Crippen LogP contribution in [0.3, 0.4) is 0 Å². The molecule has 0 aliphatic carbocycles. The average Bonchev–Trinajstić information content (AvgIpc) is 3.16. The monoisotopic (exact) mass is 385 g/mol. The number of aromatic nitrogens is 5. The molecule has 0 spiro atoms. The van der Waals surface area contributed by atoms with E-state index in [1.54, 1.807) is 12.4 Å². The van der Waals surface area contributed by atoms with Gasteiger partial charge in [0.15, 0.2) is 0 Å². The first-order valence-corrected chi connectivity index (χ1v) is 8.17. The first-order chi connectivity index (χ1) is 12.7. The number of nitrogens with one attached hydrogen (secondary N) is 1. The minimum Gasteiger partial charge on any atom is -0.373 e. The quantitative estimate of drug-likeness (QED) is 0.774. The Labute approximate surface area is 152 Å². The molecule has 1 aliphatic heterocycles. The molecule has 9 nitrogen and oxygen atoms in total. The van der Waals surface area contributed by atoms with Crippen LogP contribution in [0.5, 0.6) is 0 Å². The third-order valence-electron chi connectivity index (χ3n) is 4.43. The van der Waals surface area contributed by atoms with Crippen molar-refractivity contribution >= 4 is 5.91 Å². The van der Waals surface area contributed by atoms with E-state index >= 15 is 0 Å². The van der Waals surface area contributed by atoms with Gasteiger partial charge in [0.25, 0.3) is 5.91 Å². The van der Waals surface area contributed by atoms with Gasteiger partial charge in [0.05, 0.1) is 0 Å². The number of aliphatic hydroxyl groups is 1. The molecule has 2 aromatic rings. The molecule has 1 unspecified atom stereocenters. The highest BCUT2D eigenvalue weighted by molar-refractivity contribution is 5.85. The summed E-state index contributed by atoms with van der Waals surface area (Å²) in [7, 11) is 0. The number of amides is 1. The number of carbonyl (C=O) groups is 1. The molecule has 1 aliphatic rings. The maximum Gasteiger partial charge on any atom is 0.426 e. The van der Waals surface area contributed by atoms with Gasteiger partial charge in [-0.15, -0.1) is 10.2 Å². The van der Waals surface area contributed by atoms with Crippen molar-refractivity contribution in [2.24, 2.45) is 0 Å². The average molecular weight is 385 g/mol. The van der Waals surface area contributed by atoms with E-state index in [9.17, 15) is 23.1 Å². The summed E-state index contributed by atoms with van der Waals surface area (Å²) in [4.78, 5) is 19.2. The Morgan fingerprint density at radius 2 is 1.96 bits per heavy atom. The summed E-state index contributed by atoms with van der Waals surface area (Å²) in [6.45, 7) is 1.96. The lowest BCUT2D eigenvalue weighted by Gasteiger charge is -2.38. The second-order valence-electron chi connectivity index (χ2n) is 6.46. The van der Waals surface area contributed by atoms with Crippen LogP contribution in [0.25, 0.3) is 11.4 Å². The molecule has 1 amide bonds. The highest BCUT2D eigenvalue weighted by atomic mass is 19.4. The maximum absolute atomic E-state index is 12.8. The molecule has 0 aromatic carbocycles. The maximum atomic E-state index is 12.8. The van der Waals surface area contributed by atoms with E-state index in [2.05, 4.69) is 25.6 Å². The number of H-pyrrole nitrogens is 1. The third-order valence-corrected chi connectivity index (χ3v) is 4.43. The summed E-state index contributed by atoms with van der Waals surface area (Å²) in [6.07, 6.45) is -1.73. The van der Waals surface area contributed by atoms with E-state index in [0.29, 0.717) is 37.9 Å². The molecule has 2 aromatic heterocycles. The van der Waals surface area contributed by atoms with E-state index in [4.69, 9.17) is 0 Å². The van der Waals surface area contributed by atoms with Crippen molar-refractivity contribution in [1.82, 2.24) is 35.4 Å². The number of piperazine rings is 1. The number of aromatic amines is 1. The number of alkyl halides is 3. The fourth-order valence-electron chi connectivity index (χ4n) is 2.78. The van der Waals surface area contributed by atoms with Crippen LogP contribution >= 0.6 is 0 Å². The zero-order valence-corrected chi connectivity index (χ0v) is 14.4. The smallest absolute Gasteiger partial charge is 0.373 e. The van der Waals surface area contributed by atoms with Crippen molar-refractivity contribution in [2.75, 3.05) is 26.2 Å². The predicted octanol–water partition coefficient (Wildman–Crippen LogP) is 0.219. The number of carbonyl (C=O) groups excluding carboxylic acids is 1. The molecule has 0 radical (unpaired) electrons. The van der Waals surface area contributed by atoms with Gasteiger partial charge in [0, 0.05) is 50.7 Å². The van der Waals surface area contributed by atoms with Crippen LogP contribution in [-0.4, -0.2) is 84.4 Å². The van der Waals surface area contributed by atoms with Gasteiger partial charge in [0.2, 0.25) is 11.4 Å². The highest BCUT2D eigenvalue weighted by Crippen LogP contribution is 2.31. The zero-order valence-electron chi connectivity index (χ0n) is 14.4. The Kier molecular flexibility index (Phi) is 5.11.